The van der Waals surface area contributed by atoms with Crippen molar-refractivity contribution in [1.82, 2.24) is 19.6 Å². The van der Waals surface area contributed by atoms with Crippen LogP contribution in [0.1, 0.15) is 28.7 Å². The number of amides is 3. The quantitative estimate of drug-likeness (QED) is 0.749. The van der Waals surface area contributed by atoms with E-state index in [0.717, 1.165) is 5.69 Å². The predicted molar refractivity (Wildman–Crippen MR) is 114 cm³/mol. The molecule has 0 saturated heterocycles. The summed E-state index contributed by atoms with van der Waals surface area (Å²) in [4.78, 5) is 28.9. The Kier molecular flexibility index (Phi) is 6.34. The molecule has 0 radical (unpaired) electrons. The lowest BCUT2D eigenvalue weighted by molar-refractivity contribution is 0.00172. The molecule has 1 aromatic heterocycles. The van der Waals surface area contributed by atoms with Crippen LogP contribution in [0.2, 0.25) is 5.02 Å². The van der Waals surface area contributed by atoms with Crippen LogP contribution in [-0.2, 0) is 24.2 Å². The molecule has 32 heavy (non-hydrogen) atoms. The van der Waals surface area contributed by atoms with Crippen LogP contribution in [0.25, 0.3) is 0 Å². The lowest BCUT2D eigenvalue weighted by atomic mass is 10.0. The zero-order chi connectivity index (χ0) is 23.0. The number of anilines is 1. The largest absolute Gasteiger partial charge is 0.371 e. The molecule has 1 N–H and O–H groups in total. The molecule has 0 fully saturated rings. The van der Waals surface area contributed by atoms with E-state index in [1.54, 1.807) is 16.6 Å². The molecule has 2 aliphatic heterocycles. The summed E-state index contributed by atoms with van der Waals surface area (Å²) in [6, 6.07) is 3.57. The standard InChI is InChI=1S/C21H24ClF2N5O3/c1-12(23)11-32-14-8-27(2)20(30)19-15-10-28(6-5-18(15)26-29(19)9-14)21(31)25-13-3-4-17(24)16(22)7-13/h3-4,7,12,14H,5-6,8-11H2,1-2H3,(H,25,31). The Labute approximate surface area is 189 Å². The maximum absolute atomic E-state index is 13.4. The summed E-state index contributed by atoms with van der Waals surface area (Å²) in [5, 5.41) is 7.21. The number of rotatable bonds is 4. The highest BCUT2D eigenvalue weighted by Crippen LogP contribution is 2.27. The van der Waals surface area contributed by atoms with Crippen molar-refractivity contribution < 1.29 is 23.1 Å². The van der Waals surface area contributed by atoms with Crippen molar-refractivity contribution in [3.8, 4) is 0 Å². The van der Waals surface area contributed by atoms with Gasteiger partial charge in [0, 0.05) is 37.8 Å². The number of urea groups is 1. The first-order valence-corrected chi connectivity index (χ1v) is 10.7. The first kappa shape index (κ1) is 22.5. The van der Waals surface area contributed by atoms with Crippen LogP contribution in [0.15, 0.2) is 18.2 Å². The third-order valence-corrected chi connectivity index (χ3v) is 5.81. The van der Waals surface area contributed by atoms with Gasteiger partial charge in [-0.15, -0.1) is 0 Å². The molecule has 8 nitrogen and oxygen atoms in total. The maximum Gasteiger partial charge on any atom is 0.322 e. The predicted octanol–water partition coefficient (Wildman–Crippen LogP) is 3.09. The lowest BCUT2D eigenvalue weighted by Crippen LogP contribution is -2.40. The highest BCUT2D eigenvalue weighted by Gasteiger charge is 2.35. The van der Waals surface area contributed by atoms with E-state index in [1.165, 1.54) is 30.0 Å². The fourth-order valence-corrected chi connectivity index (χ4v) is 4.12. The van der Waals surface area contributed by atoms with E-state index in [2.05, 4.69) is 10.4 Å². The molecule has 0 saturated carbocycles. The highest BCUT2D eigenvalue weighted by molar-refractivity contribution is 6.31. The van der Waals surface area contributed by atoms with E-state index in [9.17, 15) is 18.4 Å². The Morgan fingerprint density at radius 1 is 1.41 bits per heavy atom. The van der Waals surface area contributed by atoms with Crippen LogP contribution < -0.4 is 5.32 Å². The van der Waals surface area contributed by atoms with Gasteiger partial charge in [0.25, 0.3) is 5.91 Å². The van der Waals surface area contributed by atoms with Gasteiger partial charge in [-0.2, -0.15) is 5.10 Å². The lowest BCUT2D eigenvalue weighted by Gasteiger charge is -2.27. The summed E-state index contributed by atoms with van der Waals surface area (Å²) in [5.74, 6) is -0.786. The SMILES string of the molecule is CC(F)COC1CN(C)C(=O)c2c3c(nn2C1)CCN(C(=O)Nc1ccc(F)c(Cl)c1)C3. The van der Waals surface area contributed by atoms with E-state index >= 15 is 0 Å². The van der Waals surface area contributed by atoms with Crippen molar-refractivity contribution in [2.24, 2.45) is 0 Å². The first-order chi connectivity index (χ1) is 15.2. The van der Waals surface area contributed by atoms with E-state index in [4.69, 9.17) is 16.3 Å². The molecule has 4 rings (SSSR count). The number of aromatic nitrogens is 2. The van der Waals surface area contributed by atoms with Gasteiger partial charge in [0.05, 0.1) is 36.5 Å². The third-order valence-electron chi connectivity index (χ3n) is 5.52. The Morgan fingerprint density at radius 2 is 2.19 bits per heavy atom. The molecule has 2 unspecified atom stereocenters. The van der Waals surface area contributed by atoms with Gasteiger partial charge < -0.3 is 19.9 Å². The van der Waals surface area contributed by atoms with Crippen LogP contribution >= 0.6 is 11.6 Å². The van der Waals surface area contributed by atoms with Crippen molar-refractivity contribution in [2.45, 2.75) is 38.7 Å². The molecule has 2 aliphatic rings. The molecule has 2 atom stereocenters. The molecule has 3 heterocycles. The monoisotopic (exact) mass is 467 g/mol. The number of ether oxygens (including phenoxy) is 1. The number of fused-ring (bicyclic) bond motifs is 3. The van der Waals surface area contributed by atoms with E-state index in [-0.39, 0.29) is 36.2 Å². The van der Waals surface area contributed by atoms with Crippen LogP contribution in [0.4, 0.5) is 19.3 Å². The number of halogens is 3. The summed E-state index contributed by atoms with van der Waals surface area (Å²) >= 11 is 5.79. The molecule has 11 heteroatoms. The summed E-state index contributed by atoms with van der Waals surface area (Å²) in [5.41, 5.74) is 2.25. The minimum atomic E-state index is -1.10. The molecular weight excluding hydrogens is 444 g/mol. The van der Waals surface area contributed by atoms with Gasteiger partial charge in [-0.3, -0.25) is 9.48 Å². The van der Waals surface area contributed by atoms with E-state index in [0.29, 0.717) is 43.0 Å². The molecule has 3 amide bonds. The second-order valence-electron chi connectivity index (χ2n) is 8.11. The number of alkyl halides is 1. The summed E-state index contributed by atoms with van der Waals surface area (Å²) in [6.07, 6.45) is -1.00. The van der Waals surface area contributed by atoms with Gasteiger partial charge in [-0.1, -0.05) is 11.6 Å². The van der Waals surface area contributed by atoms with E-state index in [1.807, 2.05) is 0 Å². The topological polar surface area (TPSA) is 79.7 Å². The summed E-state index contributed by atoms with van der Waals surface area (Å²) in [6.45, 7) is 2.63. The van der Waals surface area contributed by atoms with Crippen LogP contribution in [0, 0.1) is 5.82 Å². The van der Waals surface area contributed by atoms with Crippen molar-refractivity contribution in [2.75, 3.05) is 32.1 Å². The van der Waals surface area contributed by atoms with Crippen LogP contribution in [0.5, 0.6) is 0 Å². The average Bonchev–Trinajstić information content (AvgIpc) is 3.05. The summed E-state index contributed by atoms with van der Waals surface area (Å²) in [7, 11) is 1.66. The van der Waals surface area contributed by atoms with Crippen molar-refractivity contribution in [1.29, 1.82) is 0 Å². The number of carbonyl (C=O) groups is 2. The Hall–Kier alpha value is -2.72. The minimum Gasteiger partial charge on any atom is -0.371 e. The Morgan fingerprint density at radius 3 is 2.91 bits per heavy atom. The van der Waals surface area contributed by atoms with Crippen molar-refractivity contribution in [3.05, 3.63) is 46.0 Å². The normalized spacial score (nSPS) is 19.3. The average molecular weight is 468 g/mol. The van der Waals surface area contributed by atoms with E-state index < -0.39 is 12.0 Å². The molecule has 0 spiro atoms. The highest BCUT2D eigenvalue weighted by atomic mass is 35.5. The molecule has 2 aromatic rings. The van der Waals surface area contributed by atoms with Gasteiger partial charge >= 0.3 is 6.03 Å². The van der Waals surface area contributed by atoms with Gasteiger partial charge in [0.1, 0.15) is 17.7 Å². The smallest absolute Gasteiger partial charge is 0.322 e. The maximum atomic E-state index is 13.4. The minimum absolute atomic E-state index is 0.0512. The van der Waals surface area contributed by atoms with Crippen LogP contribution in [0.3, 0.4) is 0 Å². The number of hydrogen-bond acceptors (Lipinski definition) is 4. The number of nitrogens with one attached hydrogen (secondary N) is 1. The zero-order valence-electron chi connectivity index (χ0n) is 17.8. The first-order valence-electron chi connectivity index (χ1n) is 10.3. The number of nitrogens with zero attached hydrogens (tertiary/aromatic N) is 4. The van der Waals surface area contributed by atoms with Gasteiger partial charge in [0.15, 0.2) is 0 Å². The van der Waals surface area contributed by atoms with Gasteiger partial charge in [-0.25, -0.2) is 13.6 Å². The van der Waals surface area contributed by atoms with Gasteiger partial charge in [-0.05, 0) is 25.1 Å². The van der Waals surface area contributed by atoms with Crippen LogP contribution in [-0.4, -0.2) is 70.5 Å². The number of likely N-dealkylation sites (N-methyl/N-ethyl adjacent to an activating group) is 1. The fourth-order valence-electron chi connectivity index (χ4n) is 3.94. The molecule has 0 aliphatic carbocycles. The molecule has 0 bridgehead atoms. The molecular formula is C21H24ClF2N5O3. The Bertz CT molecular complexity index is 1040. The second kappa shape index (κ2) is 9.03. The Balaban J connectivity index is 1.53. The zero-order valence-corrected chi connectivity index (χ0v) is 18.5. The van der Waals surface area contributed by atoms with Crippen molar-refractivity contribution >= 4 is 29.2 Å². The molecule has 172 valence electrons. The summed E-state index contributed by atoms with van der Waals surface area (Å²) < 4.78 is 33.9. The molecule has 1 aromatic carbocycles. The number of hydrogen-bond donors (Lipinski definition) is 1. The second-order valence-corrected chi connectivity index (χ2v) is 8.52. The fraction of sp³-hybridized carbons (Fsp3) is 0.476. The van der Waals surface area contributed by atoms with Gasteiger partial charge in [0.2, 0.25) is 0 Å². The third kappa shape index (κ3) is 4.56. The van der Waals surface area contributed by atoms with Crippen molar-refractivity contribution in [3.63, 3.8) is 0 Å². The number of benzene rings is 1. The number of carbonyl (C=O) groups excluding carboxylic acids is 2.